The molecule has 0 amide bonds. The molecule has 0 saturated heterocycles. The summed E-state index contributed by atoms with van der Waals surface area (Å²) < 4.78 is 5.54. The van der Waals surface area contributed by atoms with Gasteiger partial charge < -0.3 is 9.73 Å². The Morgan fingerprint density at radius 1 is 1.57 bits per heavy atom. The van der Waals surface area contributed by atoms with E-state index in [1.165, 1.54) is 30.6 Å². The van der Waals surface area contributed by atoms with Crippen molar-refractivity contribution >= 4 is 0 Å². The molecule has 76 valence electrons. The van der Waals surface area contributed by atoms with Crippen LogP contribution in [0.15, 0.2) is 16.7 Å². The van der Waals surface area contributed by atoms with Gasteiger partial charge in [-0.3, -0.25) is 0 Å². The van der Waals surface area contributed by atoms with E-state index in [0.29, 0.717) is 0 Å². The van der Waals surface area contributed by atoms with Gasteiger partial charge in [0.2, 0.25) is 0 Å². The molecule has 2 aliphatic rings. The van der Waals surface area contributed by atoms with E-state index in [4.69, 9.17) is 4.42 Å². The molecule has 1 aromatic rings. The zero-order valence-corrected chi connectivity index (χ0v) is 8.68. The summed E-state index contributed by atoms with van der Waals surface area (Å²) in [6.45, 7) is 3.43. The van der Waals surface area contributed by atoms with Crippen LogP contribution in [0, 0.1) is 5.92 Å². The summed E-state index contributed by atoms with van der Waals surface area (Å²) in [6, 6.07) is 2.17. The first-order valence-electron chi connectivity index (χ1n) is 5.62. The second-order valence-electron chi connectivity index (χ2n) is 4.86. The van der Waals surface area contributed by atoms with Crippen molar-refractivity contribution < 1.29 is 4.42 Å². The minimum atomic E-state index is 0.264. The Kier molecular flexibility index (Phi) is 1.75. The van der Waals surface area contributed by atoms with Crippen molar-refractivity contribution in [1.82, 2.24) is 5.32 Å². The van der Waals surface area contributed by atoms with E-state index in [1.54, 1.807) is 0 Å². The number of rotatable bonds is 0. The lowest BCUT2D eigenvalue weighted by atomic mass is 9.84. The number of furan rings is 1. The summed E-state index contributed by atoms with van der Waals surface area (Å²) in [6.07, 6.45) is 6.80. The average molecular weight is 191 g/mol. The van der Waals surface area contributed by atoms with Crippen molar-refractivity contribution in [3.8, 4) is 0 Å². The van der Waals surface area contributed by atoms with Crippen LogP contribution in [-0.4, -0.2) is 6.54 Å². The van der Waals surface area contributed by atoms with Gasteiger partial charge in [-0.1, -0.05) is 6.92 Å². The van der Waals surface area contributed by atoms with E-state index < -0.39 is 0 Å². The quantitative estimate of drug-likeness (QED) is 0.681. The summed E-state index contributed by atoms with van der Waals surface area (Å²) in [7, 11) is 0. The molecule has 0 bridgehead atoms. The Morgan fingerprint density at radius 2 is 2.50 bits per heavy atom. The van der Waals surface area contributed by atoms with Gasteiger partial charge in [0.25, 0.3) is 0 Å². The molecule has 1 aromatic heterocycles. The van der Waals surface area contributed by atoms with Crippen LogP contribution >= 0.6 is 0 Å². The van der Waals surface area contributed by atoms with E-state index in [1.807, 2.05) is 6.26 Å². The second-order valence-corrected chi connectivity index (χ2v) is 4.86. The standard InChI is InChI=1S/C12H17NO/c1-9-2-5-12(8-9)10-4-7-14-11(10)3-6-13-12/h4,7,9,13H,2-3,5-6,8H2,1H3. The average Bonchev–Trinajstić information content (AvgIpc) is 2.75. The summed E-state index contributed by atoms with van der Waals surface area (Å²) in [5, 5.41) is 3.71. The topological polar surface area (TPSA) is 25.2 Å². The van der Waals surface area contributed by atoms with Gasteiger partial charge in [0.05, 0.1) is 6.26 Å². The number of hydrogen-bond acceptors (Lipinski definition) is 2. The normalized spacial score (nSPS) is 36.2. The summed E-state index contributed by atoms with van der Waals surface area (Å²) in [5.74, 6) is 2.07. The fourth-order valence-corrected chi connectivity index (χ4v) is 3.17. The van der Waals surface area contributed by atoms with Gasteiger partial charge in [-0.05, 0) is 31.2 Å². The Bertz CT molecular complexity index is 344. The fourth-order valence-electron chi connectivity index (χ4n) is 3.17. The minimum Gasteiger partial charge on any atom is -0.469 e. The Morgan fingerprint density at radius 3 is 3.29 bits per heavy atom. The lowest BCUT2D eigenvalue weighted by molar-refractivity contribution is 0.297. The zero-order chi connectivity index (χ0) is 9.60. The summed E-state index contributed by atoms with van der Waals surface area (Å²) in [5.41, 5.74) is 1.70. The Labute approximate surface area is 84.7 Å². The van der Waals surface area contributed by atoms with Gasteiger partial charge in [0.15, 0.2) is 0 Å². The van der Waals surface area contributed by atoms with E-state index in [0.717, 1.165) is 18.9 Å². The van der Waals surface area contributed by atoms with Crippen LogP contribution in [0.3, 0.4) is 0 Å². The van der Waals surface area contributed by atoms with Crippen molar-refractivity contribution in [3.63, 3.8) is 0 Å². The molecule has 1 aliphatic carbocycles. The van der Waals surface area contributed by atoms with Crippen molar-refractivity contribution in [1.29, 1.82) is 0 Å². The molecule has 1 aliphatic heterocycles. The maximum Gasteiger partial charge on any atom is 0.110 e. The second kappa shape index (κ2) is 2.86. The third kappa shape index (κ3) is 1.07. The van der Waals surface area contributed by atoms with E-state index in [2.05, 4.69) is 18.3 Å². The van der Waals surface area contributed by atoms with Gasteiger partial charge >= 0.3 is 0 Å². The smallest absolute Gasteiger partial charge is 0.110 e. The highest BCUT2D eigenvalue weighted by atomic mass is 16.3. The largest absolute Gasteiger partial charge is 0.469 e. The van der Waals surface area contributed by atoms with Crippen LogP contribution in [0.25, 0.3) is 0 Å². The van der Waals surface area contributed by atoms with Crippen LogP contribution in [0.2, 0.25) is 0 Å². The number of nitrogens with one attached hydrogen (secondary N) is 1. The van der Waals surface area contributed by atoms with Gasteiger partial charge in [-0.2, -0.15) is 0 Å². The van der Waals surface area contributed by atoms with Crippen molar-refractivity contribution in [2.75, 3.05) is 6.54 Å². The third-order valence-corrected chi connectivity index (χ3v) is 3.84. The minimum absolute atomic E-state index is 0.264. The zero-order valence-electron chi connectivity index (χ0n) is 8.68. The van der Waals surface area contributed by atoms with Crippen molar-refractivity contribution in [2.45, 2.75) is 38.1 Å². The molecule has 2 atom stereocenters. The molecule has 2 heteroatoms. The van der Waals surface area contributed by atoms with E-state index in [9.17, 15) is 0 Å². The van der Waals surface area contributed by atoms with Gasteiger partial charge in [-0.25, -0.2) is 0 Å². The molecule has 1 fully saturated rings. The third-order valence-electron chi connectivity index (χ3n) is 3.84. The van der Waals surface area contributed by atoms with Crippen LogP contribution in [0.5, 0.6) is 0 Å². The Balaban J connectivity index is 2.03. The fraction of sp³-hybridized carbons (Fsp3) is 0.667. The molecule has 3 rings (SSSR count). The highest BCUT2D eigenvalue weighted by Gasteiger charge is 2.42. The molecule has 1 N–H and O–H groups in total. The monoisotopic (exact) mass is 191 g/mol. The molecule has 2 heterocycles. The predicted molar refractivity (Wildman–Crippen MR) is 55.1 cm³/mol. The van der Waals surface area contributed by atoms with Crippen LogP contribution in [0.4, 0.5) is 0 Å². The highest BCUT2D eigenvalue weighted by molar-refractivity contribution is 5.31. The molecule has 2 nitrogen and oxygen atoms in total. The first-order chi connectivity index (χ1) is 6.80. The maximum atomic E-state index is 5.54. The molecule has 14 heavy (non-hydrogen) atoms. The maximum absolute atomic E-state index is 5.54. The summed E-state index contributed by atoms with van der Waals surface area (Å²) in [4.78, 5) is 0. The molecule has 0 aromatic carbocycles. The SMILES string of the molecule is CC1CCC2(C1)NCCc1occc12. The first-order valence-corrected chi connectivity index (χ1v) is 5.62. The van der Waals surface area contributed by atoms with E-state index in [-0.39, 0.29) is 5.54 Å². The van der Waals surface area contributed by atoms with Crippen LogP contribution in [0.1, 0.15) is 37.5 Å². The molecular formula is C12H17NO. The lowest BCUT2D eigenvalue weighted by Crippen LogP contribution is -2.44. The molecule has 0 radical (unpaired) electrons. The highest BCUT2D eigenvalue weighted by Crippen LogP contribution is 2.44. The molecule has 2 unspecified atom stereocenters. The van der Waals surface area contributed by atoms with Crippen LogP contribution in [-0.2, 0) is 12.0 Å². The number of hydrogen-bond donors (Lipinski definition) is 1. The summed E-state index contributed by atoms with van der Waals surface area (Å²) >= 11 is 0. The Hall–Kier alpha value is -0.760. The predicted octanol–water partition coefficient (Wildman–Crippen LogP) is 2.44. The molecule has 1 saturated carbocycles. The van der Waals surface area contributed by atoms with Gasteiger partial charge in [-0.15, -0.1) is 0 Å². The molecule has 1 spiro atoms. The molecular weight excluding hydrogens is 174 g/mol. The van der Waals surface area contributed by atoms with Crippen molar-refractivity contribution in [3.05, 3.63) is 23.7 Å². The van der Waals surface area contributed by atoms with Gasteiger partial charge in [0.1, 0.15) is 5.76 Å². The van der Waals surface area contributed by atoms with E-state index >= 15 is 0 Å². The lowest BCUT2D eigenvalue weighted by Gasteiger charge is -2.34. The van der Waals surface area contributed by atoms with Crippen molar-refractivity contribution in [2.24, 2.45) is 5.92 Å². The number of fused-ring (bicyclic) bond motifs is 2. The first kappa shape index (κ1) is 8.54. The van der Waals surface area contributed by atoms with Gasteiger partial charge in [0, 0.05) is 24.1 Å². The van der Waals surface area contributed by atoms with Crippen LogP contribution < -0.4 is 5.32 Å².